The molecule has 4 aromatic rings. The maximum Gasteiger partial charge on any atom is 0.275 e. The molecule has 0 saturated heterocycles. The Morgan fingerprint density at radius 3 is 2.53 bits per heavy atom. The van der Waals surface area contributed by atoms with E-state index in [1.807, 2.05) is 64.8 Å². The maximum atomic E-state index is 13.6. The van der Waals surface area contributed by atoms with Crippen LogP contribution in [0.25, 0.3) is 21.8 Å². The van der Waals surface area contributed by atoms with Crippen LogP contribution >= 0.6 is 0 Å². The van der Waals surface area contributed by atoms with E-state index >= 15 is 0 Å². The minimum atomic E-state index is -0.124. The first-order valence-corrected chi connectivity index (χ1v) is 12.2. The molecular weight excluding hydrogens is 424 g/mol. The van der Waals surface area contributed by atoms with Crippen molar-refractivity contribution in [3.63, 3.8) is 0 Å². The normalized spacial score (nSPS) is 14.4. The molecule has 0 atom stereocenters. The van der Waals surface area contributed by atoms with Gasteiger partial charge in [-0.3, -0.25) is 9.59 Å². The number of hydrogen-bond donors (Lipinski definition) is 1. The highest BCUT2D eigenvalue weighted by Crippen LogP contribution is 2.33. The van der Waals surface area contributed by atoms with Crippen molar-refractivity contribution < 1.29 is 4.79 Å². The summed E-state index contributed by atoms with van der Waals surface area (Å²) in [7, 11) is 3.98. The number of aryl methyl sites for hydroxylation is 1. The van der Waals surface area contributed by atoms with E-state index in [4.69, 9.17) is 0 Å². The first-order valence-electron chi connectivity index (χ1n) is 12.2. The van der Waals surface area contributed by atoms with Gasteiger partial charge < -0.3 is 19.4 Å². The molecule has 1 aliphatic rings. The third-order valence-electron chi connectivity index (χ3n) is 7.12. The first-order chi connectivity index (χ1) is 16.5. The Balaban J connectivity index is 1.45. The van der Waals surface area contributed by atoms with Gasteiger partial charge in [-0.1, -0.05) is 61.4 Å². The number of fused-ring (bicyclic) bond motifs is 3. The second-order valence-corrected chi connectivity index (χ2v) is 9.47. The van der Waals surface area contributed by atoms with Crippen LogP contribution in [0.4, 0.5) is 0 Å². The van der Waals surface area contributed by atoms with Gasteiger partial charge in [0, 0.05) is 55.2 Å². The highest BCUT2D eigenvalue weighted by atomic mass is 16.2. The molecule has 6 nitrogen and oxygen atoms in total. The Morgan fingerprint density at radius 1 is 1.06 bits per heavy atom. The van der Waals surface area contributed by atoms with Crippen LogP contribution in [0.3, 0.4) is 0 Å². The van der Waals surface area contributed by atoms with Crippen molar-refractivity contribution in [3.8, 4) is 0 Å². The van der Waals surface area contributed by atoms with E-state index in [0.717, 1.165) is 55.1 Å². The minimum Gasteiger partial charge on any atom is -0.351 e. The predicted molar refractivity (Wildman–Crippen MR) is 137 cm³/mol. The van der Waals surface area contributed by atoms with Gasteiger partial charge in [-0.05, 0) is 31.5 Å². The molecule has 2 aromatic carbocycles. The number of nitrogens with zero attached hydrogens (tertiary/aromatic N) is 3. The van der Waals surface area contributed by atoms with Gasteiger partial charge in [-0.2, -0.15) is 0 Å². The molecule has 0 radical (unpaired) electrons. The van der Waals surface area contributed by atoms with Gasteiger partial charge in [-0.15, -0.1) is 0 Å². The minimum absolute atomic E-state index is 0.000237. The number of para-hydroxylation sites is 1. The van der Waals surface area contributed by atoms with E-state index in [1.165, 1.54) is 5.56 Å². The van der Waals surface area contributed by atoms with Gasteiger partial charge in [0.2, 0.25) is 0 Å². The largest absolute Gasteiger partial charge is 0.351 e. The number of carbonyl (C=O) groups is 1. The molecule has 34 heavy (non-hydrogen) atoms. The monoisotopic (exact) mass is 456 g/mol. The van der Waals surface area contributed by atoms with Crippen LogP contribution in [0, 0.1) is 0 Å². The third kappa shape index (κ3) is 4.14. The van der Waals surface area contributed by atoms with Gasteiger partial charge in [0.05, 0.1) is 5.56 Å². The molecule has 1 N–H and O–H groups in total. The summed E-state index contributed by atoms with van der Waals surface area (Å²) in [5.41, 5.74) is 3.42. The predicted octanol–water partition coefficient (Wildman–Crippen LogP) is 4.47. The fraction of sp³-hybridized carbons (Fsp3) is 0.357. The summed E-state index contributed by atoms with van der Waals surface area (Å²) >= 11 is 0. The topological polar surface area (TPSA) is 59.3 Å². The Morgan fingerprint density at radius 2 is 1.76 bits per heavy atom. The van der Waals surface area contributed by atoms with E-state index in [1.54, 1.807) is 0 Å². The van der Waals surface area contributed by atoms with Gasteiger partial charge in [0.15, 0.2) is 0 Å². The second kappa shape index (κ2) is 9.47. The molecule has 2 heterocycles. The Labute approximate surface area is 199 Å². The molecule has 0 spiro atoms. The van der Waals surface area contributed by atoms with Gasteiger partial charge in [0.25, 0.3) is 11.5 Å². The lowest BCUT2D eigenvalue weighted by Gasteiger charge is -2.18. The van der Waals surface area contributed by atoms with E-state index < -0.39 is 0 Å². The van der Waals surface area contributed by atoms with Crippen molar-refractivity contribution in [1.82, 2.24) is 19.4 Å². The van der Waals surface area contributed by atoms with Crippen LogP contribution in [0.1, 0.15) is 47.6 Å². The number of carbonyl (C=O) groups excluding carboxylic acids is 1. The van der Waals surface area contributed by atoms with E-state index in [-0.39, 0.29) is 17.5 Å². The summed E-state index contributed by atoms with van der Waals surface area (Å²) in [4.78, 5) is 29.2. The maximum absolute atomic E-state index is 13.6. The van der Waals surface area contributed by atoms with E-state index in [2.05, 4.69) is 29.4 Å². The number of amides is 1. The number of nitrogens with one attached hydrogen (secondary N) is 1. The fourth-order valence-corrected chi connectivity index (χ4v) is 5.36. The standard InChI is InChI=1S/C28H32N4O2/c1-30(18-20-10-4-3-5-11-20)17-16-29-27(33)23-19-32(21-12-6-7-13-21)28(34)26-25(23)22-14-8-9-15-24(22)31(26)2/h3-5,8-11,14-15,19,21H,6-7,12-13,16-18H2,1-2H3,(H,29,33). The first kappa shape index (κ1) is 22.4. The average Bonchev–Trinajstić information content (AvgIpc) is 3.48. The molecule has 0 bridgehead atoms. The average molecular weight is 457 g/mol. The lowest BCUT2D eigenvalue weighted by Crippen LogP contribution is -2.34. The molecule has 1 amide bonds. The van der Waals surface area contributed by atoms with Crippen molar-refractivity contribution in [2.75, 3.05) is 20.1 Å². The van der Waals surface area contributed by atoms with E-state index in [9.17, 15) is 9.59 Å². The zero-order chi connectivity index (χ0) is 23.7. The third-order valence-corrected chi connectivity index (χ3v) is 7.12. The zero-order valence-corrected chi connectivity index (χ0v) is 20.0. The molecule has 0 unspecified atom stereocenters. The van der Waals surface area contributed by atoms with Crippen molar-refractivity contribution in [3.05, 3.63) is 82.3 Å². The fourth-order valence-electron chi connectivity index (χ4n) is 5.36. The number of likely N-dealkylation sites (N-methyl/N-ethyl adjacent to an activating group) is 1. The van der Waals surface area contributed by atoms with Crippen LogP contribution in [0.5, 0.6) is 0 Å². The van der Waals surface area contributed by atoms with E-state index in [0.29, 0.717) is 17.6 Å². The van der Waals surface area contributed by atoms with Crippen LogP contribution in [-0.4, -0.2) is 40.1 Å². The summed E-state index contributed by atoms with van der Waals surface area (Å²) in [6.07, 6.45) is 6.04. The van der Waals surface area contributed by atoms with Gasteiger partial charge in [-0.25, -0.2) is 0 Å². The summed E-state index contributed by atoms with van der Waals surface area (Å²) in [5, 5.41) is 4.82. The molecule has 0 aliphatic heterocycles. The summed E-state index contributed by atoms with van der Waals surface area (Å²) in [5.74, 6) is -0.124. The number of aromatic nitrogens is 2. The Bertz CT molecular complexity index is 1380. The van der Waals surface area contributed by atoms with Crippen molar-refractivity contribution in [1.29, 1.82) is 0 Å². The number of hydrogen-bond acceptors (Lipinski definition) is 3. The van der Waals surface area contributed by atoms with Gasteiger partial charge >= 0.3 is 0 Å². The SMILES string of the molecule is CN(CCNC(=O)c1cn(C2CCCC2)c(=O)c2c1c1ccccc1n2C)Cc1ccccc1. The molecule has 2 aromatic heterocycles. The molecule has 1 fully saturated rings. The lowest BCUT2D eigenvalue weighted by atomic mass is 10.1. The summed E-state index contributed by atoms with van der Waals surface area (Å²) in [6, 6.07) is 18.4. The van der Waals surface area contributed by atoms with Crippen molar-refractivity contribution in [2.45, 2.75) is 38.3 Å². The highest BCUT2D eigenvalue weighted by molar-refractivity contribution is 6.17. The van der Waals surface area contributed by atoms with Crippen molar-refractivity contribution >= 4 is 27.7 Å². The molecule has 1 saturated carbocycles. The molecule has 1 aliphatic carbocycles. The number of pyridine rings is 1. The van der Waals surface area contributed by atoms with Crippen molar-refractivity contribution in [2.24, 2.45) is 7.05 Å². The number of rotatable bonds is 7. The van der Waals surface area contributed by atoms with Crippen LogP contribution in [-0.2, 0) is 13.6 Å². The van der Waals surface area contributed by atoms with Gasteiger partial charge in [0.1, 0.15) is 5.52 Å². The lowest BCUT2D eigenvalue weighted by molar-refractivity contribution is 0.0950. The van der Waals surface area contributed by atoms with Crippen LogP contribution < -0.4 is 10.9 Å². The second-order valence-electron chi connectivity index (χ2n) is 9.47. The summed E-state index contributed by atoms with van der Waals surface area (Å²) in [6.45, 7) is 2.11. The molecule has 176 valence electrons. The Hall–Kier alpha value is -3.38. The summed E-state index contributed by atoms with van der Waals surface area (Å²) < 4.78 is 3.77. The molecular formula is C28H32N4O2. The molecule has 6 heteroatoms. The zero-order valence-electron chi connectivity index (χ0n) is 20.0. The highest BCUT2D eigenvalue weighted by Gasteiger charge is 2.25. The smallest absolute Gasteiger partial charge is 0.275 e. The van der Waals surface area contributed by atoms with Crippen LogP contribution in [0.2, 0.25) is 0 Å². The molecule has 5 rings (SSSR count). The quantitative estimate of drug-likeness (QED) is 0.446. The Kier molecular flexibility index (Phi) is 6.24. The van der Waals surface area contributed by atoms with Crippen LogP contribution in [0.15, 0.2) is 65.6 Å². The number of benzene rings is 2.